The first-order valence-electron chi connectivity index (χ1n) is 7.43. The highest BCUT2D eigenvalue weighted by molar-refractivity contribution is 5.08. The molecule has 0 aliphatic carbocycles. The molecule has 0 aliphatic rings. The fourth-order valence-electron chi connectivity index (χ4n) is 2.37. The number of aryl methyl sites for hydroxylation is 2. The molecule has 0 aromatic carbocycles. The van der Waals surface area contributed by atoms with E-state index in [2.05, 4.69) is 52.7 Å². The third-order valence-corrected chi connectivity index (χ3v) is 3.76. The molecule has 6 nitrogen and oxygen atoms in total. The van der Waals surface area contributed by atoms with Crippen molar-refractivity contribution in [3.05, 3.63) is 29.4 Å². The van der Waals surface area contributed by atoms with E-state index >= 15 is 0 Å². The Morgan fingerprint density at radius 2 is 1.95 bits per heavy atom. The molecule has 0 spiro atoms. The van der Waals surface area contributed by atoms with E-state index in [1.54, 1.807) is 0 Å². The maximum absolute atomic E-state index is 5.32. The zero-order valence-corrected chi connectivity index (χ0v) is 13.7. The van der Waals surface area contributed by atoms with Crippen molar-refractivity contribution >= 4 is 0 Å². The van der Waals surface area contributed by atoms with Crippen molar-refractivity contribution in [3.8, 4) is 0 Å². The highest BCUT2D eigenvalue weighted by Crippen LogP contribution is 2.21. The van der Waals surface area contributed by atoms with Crippen molar-refractivity contribution < 1.29 is 4.52 Å². The Bertz CT molecular complexity index is 587. The van der Waals surface area contributed by atoms with Gasteiger partial charge in [-0.15, -0.1) is 0 Å². The molecule has 2 aromatic rings. The first kappa shape index (κ1) is 15.7. The molecule has 0 fully saturated rings. The van der Waals surface area contributed by atoms with E-state index in [1.807, 2.05) is 20.2 Å². The van der Waals surface area contributed by atoms with Gasteiger partial charge in [0.25, 0.3) is 0 Å². The van der Waals surface area contributed by atoms with Crippen LogP contribution >= 0.6 is 0 Å². The molecule has 0 unspecified atom stereocenters. The van der Waals surface area contributed by atoms with Crippen LogP contribution in [0.1, 0.15) is 49.9 Å². The molecular formula is C15H25N5O. The second kappa shape index (κ2) is 6.39. The van der Waals surface area contributed by atoms with Crippen molar-refractivity contribution in [2.75, 3.05) is 0 Å². The van der Waals surface area contributed by atoms with E-state index in [-0.39, 0.29) is 12.1 Å². The summed E-state index contributed by atoms with van der Waals surface area (Å²) in [6.45, 7) is 13.3. The number of imidazole rings is 1. The molecule has 1 N–H and O–H groups in total. The van der Waals surface area contributed by atoms with Gasteiger partial charge in [-0.2, -0.15) is 4.98 Å². The Morgan fingerprint density at radius 3 is 2.43 bits per heavy atom. The van der Waals surface area contributed by atoms with Crippen LogP contribution < -0.4 is 5.32 Å². The predicted molar refractivity (Wildman–Crippen MR) is 80.9 cm³/mol. The lowest BCUT2D eigenvalue weighted by Crippen LogP contribution is -2.36. The van der Waals surface area contributed by atoms with Gasteiger partial charge in [0.1, 0.15) is 0 Å². The fourth-order valence-corrected chi connectivity index (χ4v) is 2.37. The zero-order chi connectivity index (χ0) is 15.6. The van der Waals surface area contributed by atoms with Crippen LogP contribution in [-0.2, 0) is 6.54 Å². The lowest BCUT2D eigenvalue weighted by molar-refractivity contribution is 0.265. The molecule has 0 bridgehead atoms. The number of nitrogens with zero attached hydrogens (tertiary/aromatic N) is 4. The van der Waals surface area contributed by atoms with Crippen LogP contribution in [0.25, 0.3) is 0 Å². The average molecular weight is 291 g/mol. The van der Waals surface area contributed by atoms with E-state index in [9.17, 15) is 0 Å². The molecule has 2 atom stereocenters. The smallest absolute Gasteiger partial charge is 0.244 e. The fraction of sp³-hybridized carbons (Fsp3) is 0.667. The van der Waals surface area contributed by atoms with E-state index in [0.29, 0.717) is 17.6 Å². The van der Waals surface area contributed by atoms with Gasteiger partial charge in [-0.05, 0) is 33.6 Å². The summed E-state index contributed by atoms with van der Waals surface area (Å²) < 4.78 is 7.49. The van der Waals surface area contributed by atoms with Crippen LogP contribution in [0, 0.1) is 26.7 Å². The van der Waals surface area contributed by atoms with Crippen molar-refractivity contribution in [2.45, 2.75) is 60.2 Å². The Morgan fingerprint density at radius 1 is 1.24 bits per heavy atom. The highest BCUT2D eigenvalue weighted by atomic mass is 16.5. The van der Waals surface area contributed by atoms with Gasteiger partial charge < -0.3 is 14.4 Å². The number of hydrogen-bond acceptors (Lipinski definition) is 5. The molecule has 0 aliphatic heterocycles. The topological polar surface area (TPSA) is 68.8 Å². The van der Waals surface area contributed by atoms with Gasteiger partial charge >= 0.3 is 0 Å². The van der Waals surface area contributed by atoms with Crippen LogP contribution in [-0.4, -0.2) is 25.7 Å². The van der Waals surface area contributed by atoms with Crippen LogP contribution in [0.5, 0.6) is 0 Å². The standard InChI is InChI=1S/C15H25N5O/c1-9(2)14(15-18-13(6)19-21-15)17-10(3)7-20-8-16-11(4)12(20)5/h8-10,14,17H,7H2,1-6H3/t10-,14+/m0/s1. The Balaban J connectivity index is 2.05. The number of rotatable bonds is 6. The molecule has 116 valence electrons. The van der Waals surface area contributed by atoms with Crippen molar-refractivity contribution in [1.29, 1.82) is 0 Å². The van der Waals surface area contributed by atoms with Gasteiger partial charge in [0, 0.05) is 18.3 Å². The average Bonchev–Trinajstić information content (AvgIpc) is 2.97. The minimum absolute atomic E-state index is 0.0612. The Kier molecular flexibility index (Phi) is 4.77. The summed E-state index contributed by atoms with van der Waals surface area (Å²) in [5.41, 5.74) is 2.29. The molecule has 2 aromatic heterocycles. The molecule has 0 radical (unpaired) electrons. The van der Waals surface area contributed by atoms with Crippen LogP contribution in [0.4, 0.5) is 0 Å². The number of hydrogen-bond donors (Lipinski definition) is 1. The lowest BCUT2D eigenvalue weighted by atomic mass is 10.0. The first-order valence-corrected chi connectivity index (χ1v) is 7.43. The van der Waals surface area contributed by atoms with E-state index in [1.165, 1.54) is 5.69 Å². The second-order valence-corrected chi connectivity index (χ2v) is 6.04. The minimum atomic E-state index is 0.0612. The van der Waals surface area contributed by atoms with E-state index in [4.69, 9.17) is 4.52 Å². The summed E-state index contributed by atoms with van der Waals surface area (Å²) in [7, 11) is 0. The van der Waals surface area contributed by atoms with Gasteiger partial charge in [0.2, 0.25) is 5.89 Å². The highest BCUT2D eigenvalue weighted by Gasteiger charge is 2.23. The van der Waals surface area contributed by atoms with Gasteiger partial charge in [-0.1, -0.05) is 19.0 Å². The molecule has 0 saturated heterocycles. The second-order valence-electron chi connectivity index (χ2n) is 6.04. The van der Waals surface area contributed by atoms with Crippen LogP contribution in [0.15, 0.2) is 10.9 Å². The summed E-state index contributed by atoms with van der Waals surface area (Å²) >= 11 is 0. The third-order valence-electron chi connectivity index (χ3n) is 3.76. The van der Waals surface area contributed by atoms with Crippen molar-refractivity contribution in [3.63, 3.8) is 0 Å². The molecule has 0 saturated carbocycles. The Hall–Kier alpha value is -1.69. The van der Waals surface area contributed by atoms with Crippen molar-refractivity contribution in [2.24, 2.45) is 5.92 Å². The quantitative estimate of drug-likeness (QED) is 0.886. The number of nitrogens with one attached hydrogen (secondary N) is 1. The third kappa shape index (κ3) is 3.69. The van der Waals surface area contributed by atoms with E-state index in [0.717, 1.165) is 12.2 Å². The van der Waals surface area contributed by atoms with E-state index < -0.39 is 0 Å². The normalized spacial score (nSPS) is 14.6. The van der Waals surface area contributed by atoms with Crippen molar-refractivity contribution in [1.82, 2.24) is 25.0 Å². The SMILES string of the molecule is Cc1noc([C@H](N[C@@H](C)Cn2cnc(C)c2C)C(C)C)n1. The minimum Gasteiger partial charge on any atom is -0.338 e. The predicted octanol–water partition coefficient (Wildman–Crippen LogP) is 2.57. The van der Waals surface area contributed by atoms with Crippen LogP contribution in [0.3, 0.4) is 0 Å². The largest absolute Gasteiger partial charge is 0.338 e. The summed E-state index contributed by atoms with van der Waals surface area (Å²) in [6, 6.07) is 0.336. The summed E-state index contributed by atoms with van der Waals surface area (Å²) in [5, 5.41) is 7.47. The number of aromatic nitrogens is 4. The van der Waals surface area contributed by atoms with Crippen LogP contribution in [0.2, 0.25) is 0 Å². The van der Waals surface area contributed by atoms with Gasteiger partial charge in [0.05, 0.1) is 18.1 Å². The molecular weight excluding hydrogens is 266 g/mol. The van der Waals surface area contributed by atoms with Gasteiger partial charge in [-0.25, -0.2) is 4.98 Å². The molecule has 2 rings (SSSR count). The van der Waals surface area contributed by atoms with Gasteiger partial charge in [-0.3, -0.25) is 0 Å². The first-order chi connectivity index (χ1) is 9.88. The zero-order valence-electron chi connectivity index (χ0n) is 13.7. The summed E-state index contributed by atoms with van der Waals surface area (Å²) in [6.07, 6.45) is 1.89. The maximum atomic E-state index is 5.32. The van der Waals surface area contributed by atoms with Gasteiger partial charge in [0.15, 0.2) is 5.82 Å². The monoisotopic (exact) mass is 291 g/mol. The molecule has 0 amide bonds. The Labute approximate surface area is 126 Å². The molecule has 21 heavy (non-hydrogen) atoms. The molecule has 2 heterocycles. The maximum Gasteiger partial charge on any atom is 0.244 e. The summed E-state index contributed by atoms with van der Waals surface area (Å²) in [4.78, 5) is 8.69. The summed E-state index contributed by atoms with van der Waals surface area (Å²) in [5.74, 6) is 1.71. The molecule has 6 heteroatoms. The lowest BCUT2D eigenvalue weighted by Gasteiger charge is -2.24.